The summed E-state index contributed by atoms with van der Waals surface area (Å²) in [6, 6.07) is 5.59. The minimum absolute atomic E-state index is 0.304. The highest BCUT2D eigenvalue weighted by Gasteiger charge is 2.31. The minimum Gasteiger partial charge on any atom is -0.345 e. The van der Waals surface area contributed by atoms with Crippen molar-refractivity contribution >= 4 is 32.4 Å². The molecular formula is C20H27N5O4S2. The number of sulfonamides is 1. The Bertz CT molecular complexity index is 1040. The predicted molar refractivity (Wildman–Crippen MR) is 118 cm³/mol. The molecule has 2 aromatic rings. The third-order valence-corrected chi connectivity index (χ3v) is 8.81. The number of benzene rings is 1. The van der Waals surface area contributed by atoms with Crippen LogP contribution >= 0.6 is 11.3 Å². The summed E-state index contributed by atoms with van der Waals surface area (Å²) in [4.78, 5) is 20.7. The molecule has 0 spiro atoms. The predicted octanol–water partition coefficient (Wildman–Crippen LogP) is 1.68. The summed E-state index contributed by atoms with van der Waals surface area (Å²) in [5.74, 6) is -0.602. The Hall–Kier alpha value is -2.05. The number of hydrogen-bond donors (Lipinski definition) is 2. The number of carbonyl (C=O) groups is 1. The molecule has 0 atom stereocenters. The van der Waals surface area contributed by atoms with E-state index in [2.05, 4.69) is 9.88 Å². The van der Waals surface area contributed by atoms with E-state index in [1.54, 1.807) is 11.5 Å². The van der Waals surface area contributed by atoms with E-state index in [1.807, 2.05) is 24.0 Å². The highest BCUT2D eigenvalue weighted by Crippen LogP contribution is 2.28. The first kappa shape index (κ1) is 22.2. The van der Waals surface area contributed by atoms with Crippen LogP contribution in [0, 0.1) is 6.92 Å². The van der Waals surface area contributed by atoms with E-state index in [0.29, 0.717) is 47.6 Å². The number of anilines is 1. The van der Waals surface area contributed by atoms with Gasteiger partial charge in [0.05, 0.1) is 11.1 Å². The summed E-state index contributed by atoms with van der Waals surface area (Å²) >= 11 is 1.17. The van der Waals surface area contributed by atoms with E-state index in [-0.39, 0.29) is 0 Å². The lowest BCUT2D eigenvalue weighted by Gasteiger charge is -2.34. The summed E-state index contributed by atoms with van der Waals surface area (Å²) in [5.41, 5.74) is 3.52. The Morgan fingerprint density at radius 1 is 1.16 bits per heavy atom. The topological polar surface area (TPSA) is 106 Å². The Kier molecular flexibility index (Phi) is 6.58. The molecule has 9 nitrogen and oxygen atoms in total. The number of hydrogen-bond acceptors (Lipinski definition) is 8. The van der Waals surface area contributed by atoms with Gasteiger partial charge in [-0.1, -0.05) is 29.0 Å². The summed E-state index contributed by atoms with van der Waals surface area (Å²) in [6.07, 6.45) is 3.73. The molecule has 2 saturated heterocycles. The van der Waals surface area contributed by atoms with Crippen molar-refractivity contribution in [2.75, 3.05) is 44.2 Å². The molecule has 1 aromatic carbocycles. The first-order valence-corrected chi connectivity index (χ1v) is 12.6. The van der Waals surface area contributed by atoms with Crippen molar-refractivity contribution in [3.05, 3.63) is 40.4 Å². The summed E-state index contributed by atoms with van der Waals surface area (Å²) in [5, 5.41) is 9.40. The largest absolute Gasteiger partial charge is 0.345 e. The fraction of sp³-hybridized carbons (Fsp3) is 0.500. The number of hydroxylamine groups is 1. The smallest absolute Gasteiger partial charge is 0.286 e. The maximum absolute atomic E-state index is 13.5. The third kappa shape index (κ3) is 4.75. The fourth-order valence-electron chi connectivity index (χ4n) is 4.10. The molecule has 2 aliphatic rings. The summed E-state index contributed by atoms with van der Waals surface area (Å²) < 4.78 is 28.5. The summed E-state index contributed by atoms with van der Waals surface area (Å²) in [6.45, 7) is 6.33. The number of amides is 1. The molecule has 2 N–H and O–H groups in total. The van der Waals surface area contributed by atoms with Crippen LogP contribution in [0.25, 0.3) is 0 Å². The highest BCUT2D eigenvalue weighted by molar-refractivity contribution is 7.89. The van der Waals surface area contributed by atoms with Gasteiger partial charge in [0.2, 0.25) is 10.0 Å². The molecular weight excluding hydrogens is 438 g/mol. The number of rotatable bonds is 6. The first-order chi connectivity index (χ1) is 14.9. The van der Waals surface area contributed by atoms with Gasteiger partial charge in [0, 0.05) is 32.7 Å². The zero-order valence-electron chi connectivity index (χ0n) is 17.5. The van der Waals surface area contributed by atoms with E-state index in [1.165, 1.54) is 21.8 Å². The number of aromatic nitrogens is 1. The molecule has 4 rings (SSSR count). The van der Waals surface area contributed by atoms with Crippen molar-refractivity contribution in [3.8, 4) is 0 Å². The van der Waals surface area contributed by atoms with Gasteiger partial charge < -0.3 is 4.90 Å². The van der Waals surface area contributed by atoms with Gasteiger partial charge in [-0.3, -0.25) is 14.9 Å². The second-order valence-electron chi connectivity index (χ2n) is 7.93. The molecule has 0 saturated carbocycles. The van der Waals surface area contributed by atoms with E-state index in [4.69, 9.17) is 5.21 Å². The molecule has 2 fully saturated rings. The molecule has 0 radical (unpaired) electrons. The first-order valence-electron chi connectivity index (χ1n) is 10.4. The monoisotopic (exact) mass is 465 g/mol. The van der Waals surface area contributed by atoms with Crippen molar-refractivity contribution in [2.45, 2.75) is 31.2 Å². The lowest BCUT2D eigenvalue weighted by Crippen LogP contribution is -2.48. The van der Waals surface area contributed by atoms with Gasteiger partial charge in [-0.2, -0.15) is 4.31 Å². The standard InChI is InChI=1S/C20H27N5O4S2/c1-15-4-5-18(16(12-15)14-23-6-2-3-7-23)31(28,29)25-10-8-24(9-11-25)20-21-13-17(30-20)19(26)22-27/h4-5,12-13,27H,2-3,6-11,14H2,1H3,(H,22,26). The van der Waals surface area contributed by atoms with E-state index < -0.39 is 15.9 Å². The number of likely N-dealkylation sites (tertiary alicyclic amines) is 1. The van der Waals surface area contributed by atoms with Crippen molar-refractivity contribution in [1.82, 2.24) is 19.7 Å². The number of nitrogens with zero attached hydrogens (tertiary/aromatic N) is 4. The Morgan fingerprint density at radius 2 is 1.87 bits per heavy atom. The van der Waals surface area contributed by atoms with Crippen molar-refractivity contribution in [2.24, 2.45) is 0 Å². The number of nitrogens with one attached hydrogen (secondary N) is 1. The van der Waals surface area contributed by atoms with E-state index in [9.17, 15) is 13.2 Å². The minimum atomic E-state index is -3.60. The van der Waals surface area contributed by atoms with Gasteiger partial charge >= 0.3 is 0 Å². The second-order valence-corrected chi connectivity index (χ2v) is 10.8. The van der Waals surface area contributed by atoms with Crippen LogP contribution in [0.5, 0.6) is 0 Å². The highest BCUT2D eigenvalue weighted by atomic mass is 32.2. The lowest BCUT2D eigenvalue weighted by molar-refractivity contribution is 0.0710. The van der Waals surface area contributed by atoms with Crippen molar-refractivity contribution < 1.29 is 18.4 Å². The fourth-order valence-corrected chi connectivity index (χ4v) is 6.57. The lowest BCUT2D eigenvalue weighted by atomic mass is 10.1. The van der Waals surface area contributed by atoms with Crippen LogP contribution in [0.2, 0.25) is 0 Å². The molecule has 0 aliphatic carbocycles. The Labute approximate surface area is 186 Å². The maximum atomic E-state index is 13.5. The number of aryl methyl sites for hydroxylation is 1. The van der Waals surface area contributed by atoms with Gasteiger partial charge in [-0.05, 0) is 44.5 Å². The van der Waals surface area contributed by atoms with E-state index >= 15 is 0 Å². The van der Waals surface area contributed by atoms with Crippen LogP contribution in [-0.2, 0) is 16.6 Å². The quantitative estimate of drug-likeness (QED) is 0.494. The zero-order chi connectivity index (χ0) is 22.0. The van der Waals surface area contributed by atoms with Crippen LogP contribution in [0.4, 0.5) is 5.13 Å². The Morgan fingerprint density at radius 3 is 2.55 bits per heavy atom. The van der Waals surface area contributed by atoms with Crippen molar-refractivity contribution in [1.29, 1.82) is 0 Å². The molecule has 0 bridgehead atoms. The van der Waals surface area contributed by atoms with Crippen LogP contribution < -0.4 is 10.4 Å². The van der Waals surface area contributed by atoms with Crippen LogP contribution in [0.3, 0.4) is 0 Å². The van der Waals surface area contributed by atoms with Crippen LogP contribution in [-0.4, -0.2) is 73.0 Å². The number of piperazine rings is 1. The summed E-state index contributed by atoms with van der Waals surface area (Å²) in [7, 11) is -3.60. The molecule has 3 heterocycles. The van der Waals surface area contributed by atoms with Crippen LogP contribution in [0.15, 0.2) is 29.3 Å². The molecule has 31 heavy (non-hydrogen) atoms. The third-order valence-electron chi connectivity index (χ3n) is 5.75. The zero-order valence-corrected chi connectivity index (χ0v) is 19.1. The van der Waals surface area contributed by atoms with Crippen LogP contribution in [0.1, 0.15) is 33.6 Å². The molecule has 2 aliphatic heterocycles. The average molecular weight is 466 g/mol. The van der Waals surface area contributed by atoms with Gasteiger partial charge in [-0.25, -0.2) is 18.9 Å². The number of thiazole rings is 1. The Balaban J connectivity index is 1.48. The van der Waals surface area contributed by atoms with Gasteiger partial charge in [-0.15, -0.1) is 0 Å². The second kappa shape index (κ2) is 9.21. The number of carbonyl (C=O) groups excluding carboxylic acids is 1. The molecule has 1 amide bonds. The van der Waals surface area contributed by atoms with Gasteiger partial charge in [0.1, 0.15) is 4.88 Å². The maximum Gasteiger partial charge on any atom is 0.286 e. The normalized spacial score (nSPS) is 18.5. The van der Waals surface area contributed by atoms with Crippen molar-refractivity contribution in [3.63, 3.8) is 0 Å². The molecule has 168 valence electrons. The molecule has 11 heteroatoms. The van der Waals surface area contributed by atoms with E-state index in [0.717, 1.165) is 37.1 Å². The molecule has 0 unspecified atom stereocenters. The average Bonchev–Trinajstić information content (AvgIpc) is 3.45. The molecule has 1 aromatic heterocycles. The SMILES string of the molecule is Cc1ccc(S(=O)(=O)N2CCN(c3ncc(C(=O)NO)s3)CC2)c(CN2CCCC2)c1. The van der Waals surface area contributed by atoms with Gasteiger partial charge in [0.25, 0.3) is 5.91 Å². The van der Waals surface area contributed by atoms with Gasteiger partial charge in [0.15, 0.2) is 5.13 Å².